The van der Waals surface area contributed by atoms with Gasteiger partial charge in [0, 0.05) is 41.7 Å². The minimum atomic E-state index is -0.508. The molecule has 3 heterocycles. The normalized spacial score (nSPS) is 15.1. The van der Waals surface area contributed by atoms with Gasteiger partial charge in [0.2, 0.25) is 11.9 Å². The molecule has 4 N–H and O–H groups in total. The van der Waals surface area contributed by atoms with Gasteiger partial charge in [-0.1, -0.05) is 6.58 Å². The summed E-state index contributed by atoms with van der Waals surface area (Å²) >= 11 is 0. The zero-order chi connectivity index (χ0) is 24.2. The predicted molar refractivity (Wildman–Crippen MR) is 136 cm³/mol. The molecule has 1 amide bonds. The maximum Gasteiger partial charge on any atom is 0.247 e. The Morgan fingerprint density at radius 1 is 1.11 bits per heavy atom. The molecule has 1 saturated heterocycles. The number of amides is 1. The molecule has 1 aliphatic heterocycles. The molecule has 1 atom stereocenters. The number of halogens is 1. The van der Waals surface area contributed by atoms with E-state index in [0.717, 1.165) is 37.0 Å². The first-order valence-corrected chi connectivity index (χ1v) is 11.3. The number of anilines is 4. The standard InChI is InChI=1S/C26H24FN7O/c1-2-22(35)33-21-4-3-12-29-25(21)23-20(27)10-5-16-14-30-26(34-24(16)23)32-18-8-6-17(7-9-18)31-19-11-13-28-15-19/h2-10,12,14,19,28,31H,1,11,13,15H2,(H,33,35)(H,30,32,34)/t19-/m1/s1. The Morgan fingerprint density at radius 3 is 2.71 bits per heavy atom. The molecular formula is C26H24FN7O. The summed E-state index contributed by atoms with van der Waals surface area (Å²) < 4.78 is 15.1. The van der Waals surface area contributed by atoms with Crippen molar-refractivity contribution < 1.29 is 9.18 Å². The van der Waals surface area contributed by atoms with Crippen LogP contribution in [0.2, 0.25) is 0 Å². The number of nitrogens with zero attached hydrogens (tertiary/aromatic N) is 3. The van der Waals surface area contributed by atoms with Crippen LogP contribution in [0.3, 0.4) is 0 Å². The van der Waals surface area contributed by atoms with Gasteiger partial charge >= 0.3 is 0 Å². The molecule has 2 aromatic heterocycles. The second kappa shape index (κ2) is 9.86. The molecule has 4 aromatic rings. The van der Waals surface area contributed by atoms with Gasteiger partial charge in [0.25, 0.3) is 0 Å². The molecule has 2 aromatic carbocycles. The Bertz CT molecular complexity index is 1380. The molecule has 176 valence electrons. The number of benzene rings is 2. The van der Waals surface area contributed by atoms with Crippen molar-refractivity contribution in [1.29, 1.82) is 0 Å². The zero-order valence-electron chi connectivity index (χ0n) is 18.9. The van der Waals surface area contributed by atoms with Crippen LogP contribution in [0.15, 0.2) is 73.6 Å². The van der Waals surface area contributed by atoms with Crippen molar-refractivity contribution in [3.05, 3.63) is 79.4 Å². The van der Waals surface area contributed by atoms with Crippen LogP contribution in [-0.4, -0.2) is 40.0 Å². The van der Waals surface area contributed by atoms with Crippen molar-refractivity contribution in [2.75, 3.05) is 29.0 Å². The molecule has 0 radical (unpaired) electrons. The minimum absolute atomic E-state index is 0.178. The summed E-state index contributed by atoms with van der Waals surface area (Å²) in [6.07, 6.45) is 5.40. The van der Waals surface area contributed by atoms with Gasteiger partial charge in [0.15, 0.2) is 0 Å². The van der Waals surface area contributed by atoms with Crippen LogP contribution in [-0.2, 0) is 4.79 Å². The Labute approximate surface area is 201 Å². The van der Waals surface area contributed by atoms with Crippen LogP contribution >= 0.6 is 0 Å². The number of carbonyl (C=O) groups is 1. The van der Waals surface area contributed by atoms with Crippen LogP contribution in [0.25, 0.3) is 22.2 Å². The largest absolute Gasteiger partial charge is 0.381 e. The minimum Gasteiger partial charge on any atom is -0.381 e. The van der Waals surface area contributed by atoms with Crippen molar-refractivity contribution in [3.63, 3.8) is 0 Å². The van der Waals surface area contributed by atoms with E-state index in [1.54, 1.807) is 24.4 Å². The summed E-state index contributed by atoms with van der Waals surface area (Å²) in [6.45, 7) is 5.45. The number of carbonyl (C=O) groups excluding carboxylic acids is 1. The lowest BCUT2D eigenvalue weighted by atomic mass is 10.0. The smallest absolute Gasteiger partial charge is 0.247 e. The molecular weight excluding hydrogens is 445 g/mol. The van der Waals surface area contributed by atoms with E-state index in [4.69, 9.17) is 0 Å². The average Bonchev–Trinajstić information content (AvgIpc) is 3.39. The van der Waals surface area contributed by atoms with Gasteiger partial charge in [-0.3, -0.25) is 9.78 Å². The number of aromatic nitrogens is 3. The third-order valence-corrected chi connectivity index (χ3v) is 5.76. The molecule has 1 fully saturated rings. The van der Waals surface area contributed by atoms with Crippen molar-refractivity contribution in [2.24, 2.45) is 0 Å². The van der Waals surface area contributed by atoms with Gasteiger partial charge in [-0.05, 0) is 67.6 Å². The average molecular weight is 470 g/mol. The third kappa shape index (κ3) is 4.95. The van der Waals surface area contributed by atoms with E-state index in [1.807, 2.05) is 24.3 Å². The molecule has 5 rings (SSSR count). The summed E-state index contributed by atoms with van der Waals surface area (Å²) in [5, 5.41) is 13.3. The van der Waals surface area contributed by atoms with E-state index in [1.165, 1.54) is 12.3 Å². The van der Waals surface area contributed by atoms with Crippen LogP contribution in [0.5, 0.6) is 0 Å². The number of rotatable bonds is 7. The van der Waals surface area contributed by atoms with E-state index in [9.17, 15) is 4.79 Å². The van der Waals surface area contributed by atoms with Gasteiger partial charge < -0.3 is 21.3 Å². The second-order valence-corrected chi connectivity index (χ2v) is 8.18. The molecule has 0 spiro atoms. The van der Waals surface area contributed by atoms with Crippen LogP contribution in [0.1, 0.15) is 6.42 Å². The van der Waals surface area contributed by atoms with Crippen molar-refractivity contribution in [1.82, 2.24) is 20.3 Å². The fraction of sp³-hybridized carbons (Fsp3) is 0.154. The highest BCUT2D eigenvalue weighted by atomic mass is 19.1. The van der Waals surface area contributed by atoms with Gasteiger partial charge in [-0.2, -0.15) is 0 Å². The molecule has 0 aliphatic carbocycles. The summed E-state index contributed by atoms with van der Waals surface area (Å²) in [7, 11) is 0. The van der Waals surface area contributed by atoms with Crippen LogP contribution < -0.4 is 21.3 Å². The Hall–Kier alpha value is -4.37. The molecule has 0 bridgehead atoms. The lowest BCUT2D eigenvalue weighted by Gasteiger charge is -2.14. The van der Waals surface area contributed by atoms with Crippen LogP contribution in [0, 0.1) is 5.82 Å². The van der Waals surface area contributed by atoms with Gasteiger partial charge in [-0.15, -0.1) is 0 Å². The third-order valence-electron chi connectivity index (χ3n) is 5.76. The number of hydrogen-bond donors (Lipinski definition) is 4. The summed E-state index contributed by atoms with van der Waals surface area (Å²) in [5.74, 6) is -0.608. The van der Waals surface area contributed by atoms with E-state index in [0.29, 0.717) is 28.6 Å². The first-order chi connectivity index (χ1) is 17.1. The van der Waals surface area contributed by atoms with E-state index < -0.39 is 11.7 Å². The maximum absolute atomic E-state index is 15.1. The summed E-state index contributed by atoms with van der Waals surface area (Å²) in [4.78, 5) is 25.2. The Balaban J connectivity index is 1.46. The van der Waals surface area contributed by atoms with Gasteiger partial charge in [-0.25, -0.2) is 14.4 Å². The second-order valence-electron chi connectivity index (χ2n) is 8.18. The van der Waals surface area contributed by atoms with Crippen LogP contribution in [0.4, 0.5) is 27.4 Å². The lowest BCUT2D eigenvalue weighted by molar-refractivity contribution is -0.111. The fourth-order valence-corrected chi connectivity index (χ4v) is 4.04. The summed E-state index contributed by atoms with van der Waals surface area (Å²) in [5.41, 5.74) is 3.02. The highest BCUT2D eigenvalue weighted by molar-refractivity contribution is 6.03. The zero-order valence-corrected chi connectivity index (χ0v) is 18.9. The lowest BCUT2D eigenvalue weighted by Crippen LogP contribution is -2.21. The number of pyridine rings is 1. The van der Waals surface area contributed by atoms with Gasteiger partial charge in [0.1, 0.15) is 5.82 Å². The first-order valence-electron chi connectivity index (χ1n) is 11.3. The Kier molecular flexibility index (Phi) is 6.32. The van der Waals surface area contributed by atoms with Crippen molar-refractivity contribution in [3.8, 4) is 11.3 Å². The summed E-state index contributed by atoms with van der Waals surface area (Å²) in [6, 6.07) is 14.6. The topological polar surface area (TPSA) is 104 Å². The molecule has 0 unspecified atom stereocenters. The Morgan fingerprint density at radius 2 is 1.94 bits per heavy atom. The van der Waals surface area contributed by atoms with E-state index in [2.05, 4.69) is 42.8 Å². The van der Waals surface area contributed by atoms with E-state index in [-0.39, 0.29) is 11.3 Å². The molecule has 8 nitrogen and oxygen atoms in total. The molecule has 9 heteroatoms. The number of nitrogens with one attached hydrogen (secondary N) is 4. The van der Waals surface area contributed by atoms with Crippen molar-refractivity contribution >= 4 is 39.8 Å². The number of fused-ring (bicyclic) bond motifs is 1. The monoisotopic (exact) mass is 469 g/mol. The maximum atomic E-state index is 15.1. The van der Waals surface area contributed by atoms with Crippen molar-refractivity contribution in [2.45, 2.75) is 12.5 Å². The fourth-order valence-electron chi connectivity index (χ4n) is 4.04. The quantitative estimate of drug-likeness (QED) is 0.296. The number of hydrogen-bond acceptors (Lipinski definition) is 7. The molecule has 0 saturated carbocycles. The molecule has 35 heavy (non-hydrogen) atoms. The SMILES string of the molecule is C=CC(=O)Nc1cccnc1-c1c(F)ccc2cnc(Nc3ccc(N[C@@H]4CCNC4)cc3)nc12. The molecule has 1 aliphatic rings. The van der Waals surface area contributed by atoms with E-state index >= 15 is 4.39 Å². The first kappa shape index (κ1) is 22.4. The predicted octanol–water partition coefficient (Wildman–Crippen LogP) is 4.47. The highest BCUT2D eigenvalue weighted by Gasteiger charge is 2.18. The van der Waals surface area contributed by atoms with Gasteiger partial charge in [0.05, 0.1) is 22.5 Å². The highest BCUT2D eigenvalue weighted by Crippen LogP contribution is 2.34.